The molecular formula is C23H24ClN5OS. The fourth-order valence-electron chi connectivity index (χ4n) is 3.45. The molecule has 8 heteroatoms. The zero-order valence-corrected chi connectivity index (χ0v) is 18.9. The number of para-hydroxylation sites is 1. The lowest BCUT2D eigenvalue weighted by Crippen LogP contribution is -2.46. The van der Waals surface area contributed by atoms with Crippen LogP contribution in [0.2, 0.25) is 5.02 Å². The molecule has 0 unspecified atom stereocenters. The van der Waals surface area contributed by atoms with E-state index in [1.54, 1.807) is 12.1 Å². The maximum absolute atomic E-state index is 12.3. The van der Waals surface area contributed by atoms with E-state index >= 15 is 0 Å². The molecule has 2 aromatic carbocycles. The summed E-state index contributed by atoms with van der Waals surface area (Å²) >= 11 is 7.38. The lowest BCUT2D eigenvalue weighted by molar-refractivity contribution is -0.113. The highest BCUT2D eigenvalue weighted by atomic mass is 35.5. The molecule has 0 bridgehead atoms. The third-order valence-electron chi connectivity index (χ3n) is 5.18. The van der Waals surface area contributed by atoms with E-state index in [2.05, 4.69) is 49.6 Å². The Kier molecular flexibility index (Phi) is 6.94. The van der Waals surface area contributed by atoms with Crippen molar-refractivity contribution in [3.8, 4) is 0 Å². The first-order chi connectivity index (χ1) is 15.1. The average molecular weight is 454 g/mol. The van der Waals surface area contributed by atoms with E-state index in [1.807, 2.05) is 31.2 Å². The van der Waals surface area contributed by atoms with Gasteiger partial charge in [0.25, 0.3) is 0 Å². The number of nitrogens with zero attached hydrogens (tertiary/aromatic N) is 4. The second kappa shape index (κ2) is 10.0. The van der Waals surface area contributed by atoms with Crippen LogP contribution >= 0.6 is 23.4 Å². The van der Waals surface area contributed by atoms with Gasteiger partial charge in [-0.05, 0) is 48.9 Å². The molecule has 0 aliphatic carbocycles. The van der Waals surface area contributed by atoms with Crippen LogP contribution < -0.4 is 15.1 Å². The molecule has 0 saturated carbocycles. The summed E-state index contributed by atoms with van der Waals surface area (Å²) in [7, 11) is 0. The molecule has 1 aliphatic rings. The fourth-order valence-corrected chi connectivity index (χ4v) is 4.23. The van der Waals surface area contributed by atoms with Gasteiger partial charge in [0.15, 0.2) is 5.82 Å². The van der Waals surface area contributed by atoms with E-state index in [1.165, 1.54) is 17.4 Å². The molecule has 1 fully saturated rings. The molecule has 1 saturated heterocycles. The number of amides is 1. The van der Waals surface area contributed by atoms with Crippen molar-refractivity contribution in [1.29, 1.82) is 0 Å². The molecule has 0 atom stereocenters. The Morgan fingerprint density at radius 2 is 1.74 bits per heavy atom. The summed E-state index contributed by atoms with van der Waals surface area (Å²) in [6, 6.07) is 19.8. The zero-order valence-electron chi connectivity index (χ0n) is 17.3. The van der Waals surface area contributed by atoms with Gasteiger partial charge in [-0.15, -0.1) is 10.2 Å². The Morgan fingerprint density at radius 3 is 2.45 bits per heavy atom. The summed E-state index contributed by atoms with van der Waals surface area (Å²) in [6.45, 7) is 5.63. The molecule has 1 amide bonds. The van der Waals surface area contributed by atoms with Gasteiger partial charge in [-0.1, -0.05) is 47.6 Å². The van der Waals surface area contributed by atoms with Crippen molar-refractivity contribution in [2.24, 2.45) is 0 Å². The Labute approximate surface area is 191 Å². The summed E-state index contributed by atoms with van der Waals surface area (Å²) in [6.07, 6.45) is 0. The summed E-state index contributed by atoms with van der Waals surface area (Å²) in [5.41, 5.74) is 2.96. The minimum Gasteiger partial charge on any atom is -0.368 e. The number of carbonyl (C=O) groups excluding carboxylic acids is 1. The minimum absolute atomic E-state index is 0.0988. The molecule has 0 spiro atoms. The smallest absolute Gasteiger partial charge is 0.234 e. The molecule has 3 aromatic rings. The molecule has 0 radical (unpaired) electrons. The number of thioether (sulfide) groups is 1. The summed E-state index contributed by atoms with van der Waals surface area (Å²) in [4.78, 5) is 16.9. The molecule has 4 rings (SSSR count). The molecule has 6 nitrogen and oxygen atoms in total. The SMILES string of the molecule is Cc1ccc(Cl)cc1NC(=O)CSc1ccc(N2CCN(c3ccccc3)CC2)nn1. The van der Waals surface area contributed by atoms with E-state index in [4.69, 9.17) is 11.6 Å². The second-order valence-electron chi connectivity index (χ2n) is 7.34. The first kappa shape index (κ1) is 21.5. The van der Waals surface area contributed by atoms with Crippen LogP contribution in [0.15, 0.2) is 65.7 Å². The van der Waals surface area contributed by atoms with E-state index in [-0.39, 0.29) is 11.7 Å². The maximum atomic E-state index is 12.3. The van der Waals surface area contributed by atoms with Crippen molar-refractivity contribution < 1.29 is 4.79 Å². The standard InChI is InChI=1S/C23H24ClN5OS/c1-17-7-8-18(24)15-20(17)25-22(30)16-31-23-10-9-21(26-27-23)29-13-11-28(12-14-29)19-5-3-2-4-6-19/h2-10,15H,11-14,16H2,1H3,(H,25,30). The number of anilines is 3. The molecule has 1 aromatic heterocycles. The number of piperazine rings is 1. The van der Waals surface area contributed by atoms with Crippen molar-refractivity contribution in [2.75, 3.05) is 47.0 Å². The van der Waals surface area contributed by atoms with Gasteiger partial charge >= 0.3 is 0 Å². The molecular weight excluding hydrogens is 430 g/mol. The second-order valence-corrected chi connectivity index (χ2v) is 8.77. The number of aryl methyl sites for hydroxylation is 1. The van der Waals surface area contributed by atoms with Gasteiger partial charge in [0, 0.05) is 42.6 Å². The monoisotopic (exact) mass is 453 g/mol. The summed E-state index contributed by atoms with van der Waals surface area (Å²) in [5, 5.41) is 12.9. The third-order valence-corrected chi connectivity index (χ3v) is 6.33. The average Bonchev–Trinajstić information content (AvgIpc) is 2.81. The number of rotatable bonds is 6. The van der Waals surface area contributed by atoms with E-state index in [0.717, 1.165) is 48.3 Å². The zero-order chi connectivity index (χ0) is 21.6. The van der Waals surface area contributed by atoms with E-state index < -0.39 is 0 Å². The van der Waals surface area contributed by atoms with Crippen LogP contribution in [0.3, 0.4) is 0 Å². The van der Waals surface area contributed by atoms with Crippen LogP contribution in [0, 0.1) is 6.92 Å². The number of carbonyl (C=O) groups is 1. The van der Waals surface area contributed by atoms with Gasteiger partial charge < -0.3 is 15.1 Å². The molecule has 1 N–H and O–H groups in total. The first-order valence-corrected chi connectivity index (χ1v) is 11.5. The molecule has 1 aliphatic heterocycles. The predicted octanol–water partition coefficient (Wildman–Crippen LogP) is 4.50. The topological polar surface area (TPSA) is 61.4 Å². The number of hydrogen-bond donors (Lipinski definition) is 1. The predicted molar refractivity (Wildman–Crippen MR) is 128 cm³/mol. The first-order valence-electron chi connectivity index (χ1n) is 10.2. The van der Waals surface area contributed by atoms with E-state index in [0.29, 0.717) is 5.02 Å². The van der Waals surface area contributed by atoms with Gasteiger partial charge in [0.2, 0.25) is 5.91 Å². The van der Waals surface area contributed by atoms with Gasteiger partial charge in [0.1, 0.15) is 5.03 Å². The van der Waals surface area contributed by atoms with Gasteiger partial charge in [-0.25, -0.2) is 0 Å². The van der Waals surface area contributed by atoms with Gasteiger partial charge in [-0.3, -0.25) is 4.79 Å². The summed E-state index contributed by atoms with van der Waals surface area (Å²) < 4.78 is 0. The van der Waals surface area contributed by atoms with Crippen molar-refractivity contribution in [1.82, 2.24) is 10.2 Å². The Morgan fingerprint density at radius 1 is 1.00 bits per heavy atom. The van der Waals surface area contributed by atoms with Crippen LogP contribution in [-0.2, 0) is 4.79 Å². The molecule has 31 heavy (non-hydrogen) atoms. The highest BCUT2D eigenvalue weighted by Gasteiger charge is 2.18. The maximum Gasteiger partial charge on any atom is 0.234 e. The van der Waals surface area contributed by atoms with Crippen LogP contribution in [0.4, 0.5) is 17.2 Å². The molecule has 160 valence electrons. The fraction of sp³-hybridized carbons (Fsp3) is 0.261. The highest BCUT2D eigenvalue weighted by Crippen LogP contribution is 2.23. The van der Waals surface area contributed by atoms with Gasteiger partial charge in [-0.2, -0.15) is 0 Å². The largest absolute Gasteiger partial charge is 0.368 e. The van der Waals surface area contributed by atoms with Crippen molar-refractivity contribution in [3.05, 3.63) is 71.2 Å². The number of benzene rings is 2. The quantitative estimate of drug-likeness (QED) is 0.554. The van der Waals surface area contributed by atoms with Gasteiger partial charge in [0.05, 0.1) is 5.75 Å². The van der Waals surface area contributed by atoms with Crippen LogP contribution in [0.25, 0.3) is 0 Å². The highest BCUT2D eigenvalue weighted by molar-refractivity contribution is 7.99. The van der Waals surface area contributed by atoms with Crippen molar-refractivity contribution >= 4 is 46.5 Å². The summed E-state index contributed by atoms with van der Waals surface area (Å²) in [5.74, 6) is 1.03. The number of halogens is 1. The minimum atomic E-state index is -0.0988. The van der Waals surface area contributed by atoms with Crippen LogP contribution in [0.1, 0.15) is 5.56 Å². The van der Waals surface area contributed by atoms with E-state index in [9.17, 15) is 4.79 Å². The lowest BCUT2D eigenvalue weighted by Gasteiger charge is -2.36. The Bertz CT molecular complexity index is 1020. The Balaban J connectivity index is 1.27. The van der Waals surface area contributed by atoms with Crippen molar-refractivity contribution in [2.45, 2.75) is 11.9 Å². The lowest BCUT2D eigenvalue weighted by atomic mass is 10.2. The third kappa shape index (κ3) is 5.68. The number of aromatic nitrogens is 2. The number of hydrogen-bond acceptors (Lipinski definition) is 6. The van der Waals surface area contributed by atoms with Crippen molar-refractivity contribution in [3.63, 3.8) is 0 Å². The number of nitrogens with one attached hydrogen (secondary N) is 1. The van der Waals surface area contributed by atoms with Crippen LogP contribution in [0.5, 0.6) is 0 Å². The Hall–Kier alpha value is -2.77. The normalized spacial score (nSPS) is 13.9. The molecule has 2 heterocycles. The van der Waals surface area contributed by atoms with Crippen LogP contribution in [-0.4, -0.2) is 48.0 Å².